The van der Waals surface area contributed by atoms with E-state index in [1.54, 1.807) is 7.11 Å². The number of methoxy groups -OCH3 is 2. The van der Waals surface area contributed by atoms with Gasteiger partial charge in [-0.3, -0.25) is 4.79 Å². The van der Waals surface area contributed by atoms with E-state index in [0.717, 1.165) is 22.4 Å². The second-order valence-electron chi connectivity index (χ2n) is 7.65. The average molecular weight is 358 g/mol. The van der Waals surface area contributed by atoms with Crippen molar-refractivity contribution in [3.8, 4) is 17.2 Å². The molecular weight excluding hydrogens is 332 g/mol. The van der Waals surface area contributed by atoms with E-state index in [2.05, 4.69) is 0 Å². The second-order valence-corrected chi connectivity index (χ2v) is 7.65. The monoisotopic (exact) mass is 358 g/mol. The summed E-state index contributed by atoms with van der Waals surface area (Å²) >= 11 is 0. The number of carbonyl (C=O) groups excluding carboxylic acids is 1. The summed E-state index contributed by atoms with van der Waals surface area (Å²) in [6.45, 7) is 8.00. The van der Waals surface area contributed by atoms with Crippen LogP contribution in [0.5, 0.6) is 17.2 Å². The molecule has 5 heteroatoms. The first-order valence-electron chi connectivity index (χ1n) is 8.77. The molecule has 0 saturated carbocycles. The summed E-state index contributed by atoms with van der Waals surface area (Å²) < 4.78 is 23.0. The predicted molar refractivity (Wildman–Crippen MR) is 101 cm³/mol. The van der Waals surface area contributed by atoms with Gasteiger partial charge in [-0.1, -0.05) is 0 Å². The highest BCUT2D eigenvalue weighted by molar-refractivity contribution is 5.82. The van der Waals surface area contributed by atoms with Crippen molar-refractivity contribution >= 4 is 18.1 Å². The summed E-state index contributed by atoms with van der Waals surface area (Å²) in [5.41, 5.74) is 1.75. The van der Waals surface area contributed by atoms with Gasteiger partial charge in [0.25, 0.3) is 0 Å². The minimum absolute atomic E-state index is 0.252. The standard InChI is InChI=1S/C21H26O5/c1-20(2)11-9-14-17(24-6)13(7-8-16(22)23-5)18-15(19(14)26-20)10-12-21(3,4)25-18/h9-12H,7-8H2,1-6H3. The molecule has 1 aromatic carbocycles. The Morgan fingerprint density at radius 1 is 0.962 bits per heavy atom. The average Bonchev–Trinajstić information content (AvgIpc) is 2.57. The normalized spacial score (nSPS) is 18.2. The molecule has 2 aliphatic heterocycles. The lowest BCUT2D eigenvalue weighted by atomic mass is 9.90. The number of ether oxygens (including phenoxy) is 4. The van der Waals surface area contributed by atoms with Crippen LogP contribution in [0.1, 0.15) is 50.8 Å². The van der Waals surface area contributed by atoms with Crippen LogP contribution in [0.4, 0.5) is 0 Å². The van der Waals surface area contributed by atoms with Gasteiger partial charge in [0.1, 0.15) is 28.5 Å². The number of fused-ring (bicyclic) bond motifs is 3. The minimum Gasteiger partial charge on any atom is -0.496 e. The number of benzene rings is 1. The van der Waals surface area contributed by atoms with E-state index in [-0.39, 0.29) is 12.4 Å². The zero-order valence-corrected chi connectivity index (χ0v) is 16.3. The Morgan fingerprint density at radius 3 is 2.12 bits per heavy atom. The molecule has 0 unspecified atom stereocenters. The van der Waals surface area contributed by atoms with Crippen molar-refractivity contribution in [1.29, 1.82) is 0 Å². The van der Waals surface area contributed by atoms with Crippen molar-refractivity contribution in [2.24, 2.45) is 0 Å². The topological polar surface area (TPSA) is 54.0 Å². The van der Waals surface area contributed by atoms with Gasteiger partial charge < -0.3 is 18.9 Å². The molecule has 0 bridgehead atoms. The Hall–Kier alpha value is -2.43. The number of rotatable bonds is 4. The van der Waals surface area contributed by atoms with Gasteiger partial charge in [-0.05, 0) is 58.4 Å². The molecule has 0 saturated heterocycles. The zero-order valence-electron chi connectivity index (χ0n) is 16.3. The van der Waals surface area contributed by atoms with Gasteiger partial charge >= 0.3 is 5.97 Å². The molecule has 5 nitrogen and oxygen atoms in total. The quantitative estimate of drug-likeness (QED) is 0.756. The van der Waals surface area contributed by atoms with Crippen LogP contribution >= 0.6 is 0 Å². The van der Waals surface area contributed by atoms with Crippen LogP contribution in [0.25, 0.3) is 12.2 Å². The zero-order chi connectivity index (χ0) is 19.1. The Labute approximate surface area is 154 Å². The third-order valence-corrected chi connectivity index (χ3v) is 4.57. The van der Waals surface area contributed by atoms with Gasteiger partial charge in [-0.25, -0.2) is 0 Å². The highest BCUT2D eigenvalue weighted by Gasteiger charge is 2.34. The SMILES string of the molecule is COC(=O)CCc1c(OC)c2c(c3c1OC(C)(C)C=C3)OC(C)(C)C=C2. The molecule has 1 aromatic rings. The molecule has 2 heterocycles. The molecule has 0 amide bonds. The Bertz CT molecular complexity index is 799. The van der Waals surface area contributed by atoms with Crippen molar-refractivity contribution in [3.05, 3.63) is 28.8 Å². The highest BCUT2D eigenvalue weighted by atomic mass is 16.5. The largest absolute Gasteiger partial charge is 0.496 e. The van der Waals surface area contributed by atoms with Crippen LogP contribution in [0.3, 0.4) is 0 Å². The fourth-order valence-electron chi connectivity index (χ4n) is 3.26. The maximum Gasteiger partial charge on any atom is 0.305 e. The van der Waals surface area contributed by atoms with Gasteiger partial charge in [0, 0.05) is 12.0 Å². The van der Waals surface area contributed by atoms with E-state index in [1.807, 2.05) is 52.0 Å². The molecule has 0 atom stereocenters. The predicted octanol–water partition coefficient (Wildman–Crippen LogP) is 4.17. The lowest BCUT2D eigenvalue weighted by Gasteiger charge is -2.35. The summed E-state index contributed by atoms with van der Waals surface area (Å²) in [5.74, 6) is 1.87. The molecule has 0 aromatic heterocycles. The van der Waals surface area contributed by atoms with Crippen molar-refractivity contribution in [2.45, 2.75) is 51.7 Å². The Kier molecular flexibility index (Phi) is 4.51. The van der Waals surface area contributed by atoms with Crippen LogP contribution in [0.15, 0.2) is 12.2 Å². The van der Waals surface area contributed by atoms with E-state index < -0.39 is 11.2 Å². The van der Waals surface area contributed by atoms with Crippen LogP contribution < -0.4 is 14.2 Å². The third-order valence-electron chi connectivity index (χ3n) is 4.57. The minimum atomic E-state index is -0.452. The Balaban J connectivity index is 2.21. The van der Waals surface area contributed by atoms with Gasteiger partial charge in [-0.15, -0.1) is 0 Å². The van der Waals surface area contributed by atoms with Crippen molar-refractivity contribution in [2.75, 3.05) is 14.2 Å². The molecule has 0 radical (unpaired) electrons. The molecule has 2 aliphatic rings. The van der Waals surface area contributed by atoms with Crippen LogP contribution in [-0.4, -0.2) is 31.4 Å². The van der Waals surface area contributed by atoms with E-state index in [0.29, 0.717) is 17.9 Å². The first-order valence-corrected chi connectivity index (χ1v) is 8.77. The molecule has 0 aliphatic carbocycles. The van der Waals surface area contributed by atoms with Crippen LogP contribution in [0, 0.1) is 0 Å². The highest BCUT2D eigenvalue weighted by Crippen LogP contribution is 2.51. The second kappa shape index (κ2) is 6.38. The number of hydrogen-bond acceptors (Lipinski definition) is 5. The summed E-state index contributed by atoms with van der Waals surface area (Å²) in [7, 11) is 3.02. The fraction of sp³-hybridized carbons (Fsp3) is 0.476. The molecule has 140 valence electrons. The third kappa shape index (κ3) is 3.30. The fourth-order valence-corrected chi connectivity index (χ4v) is 3.26. The molecule has 0 N–H and O–H groups in total. The van der Waals surface area contributed by atoms with Gasteiger partial charge in [0.2, 0.25) is 0 Å². The first kappa shape index (κ1) is 18.4. The van der Waals surface area contributed by atoms with Crippen molar-refractivity contribution < 1.29 is 23.7 Å². The van der Waals surface area contributed by atoms with Crippen LogP contribution in [0.2, 0.25) is 0 Å². The molecule has 0 fully saturated rings. The van der Waals surface area contributed by atoms with Crippen molar-refractivity contribution in [3.63, 3.8) is 0 Å². The summed E-state index contributed by atoms with van der Waals surface area (Å²) in [6.07, 6.45) is 8.79. The number of hydrogen-bond donors (Lipinski definition) is 0. The van der Waals surface area contributed by atoms with Gasteiger partial charge in [0.15, 0.2) is 0 Å². The van der Waals surface area contributed by atoms with Crippen molar-refractivity contribution in [1.82, 2.24) is 0 Å². The molecule has 3 rings (SSSR count). The summed E-state index contributed by atoms with van der Waals surface area (Å²) in [4.78, 5) is 11.7. The van der Waals surface area contributed by atoms with Crippen LogP contribution in [-0.2, 0) is 16.0 Å². The summed E-state index contributed by atoms with van der Waals surface area (Å²) in [6, 6.07) is 0. The maximum absolute atomic E-state index is 11.7. The van der Waals surface area contributed by atoms with Gasteiger partial charge in [-0.2, -0.15) is 0 Å². The Morgan fingerprint density at radius 2 is 1.54 bits per heavy atom. The molecule has 0 spiro atoms. The lowest BCUT2D eigenvalue weighted by molar-refractivity contribution is -0.140. The summed E-state index contributed by atoms with van der Waals surface area (Å²) in [5, 5.41) is 0. The van der Waals surface area contributed by atoms with E-state index >= 15 is 0 Å². The molecule has 26 heavy (non-hydrogen) atoms. The lowest BCUT2D eigenvalue weighted by Crippen LogP contribution is -2.31. The number of carbonyl (C=O) groups is 1. The van der Waals surface area contributed by atoms with E-state index in [4.69, 9.17) is 18.9 Å². The van der Waals surface area contributed by atoms with E-state index in [1.165, 1.54) is 7.11 Å². The maximum atomic E-state index is 11.7. The number of esters is 1. The molecular formula is C21H26O5. The van der Waals surface area contributed by atoms with E-state index in [9.17, 15) is 4.79 Å². The smallest absolute Gasteiger partial charge is 0.305 e. The van der Waals surface area contributed by atoms with Gasteiger partial charge in [0.05, 0.1) is 25.3 Å². The first-order chi connectivity index (χ1) is 12.2.